The van der Waals surface area contributed by atoms with Crippen LogP contribution in [0.25, 0.3) is 0 Å². The summed E-state index contributed by atoms with van der Waals surface area (Å²) in [5.41, 5.74) is 2.39. The molecule has 0 bridgehead atoms. The molecule has 2 heterocycles. The molecule has 2 aliphatic heterocycles. The fraction of sp³-hybridized carbons (Fsp3) is 0.591. The highest BCUT2D eigenvalue weighted by Crippen LogP contribution is 2.22. The van der Waals surface area contributed by atoms with Crippen molar-refractivity contribution in [2.45, 2.75) is 26.1 Å². The summed E-state index contributed by atoms with van der Waals surface area (Å²) >= 11 is 0. The molecule has 0 aromatic heterocycles. The standard InChI is InChI=1S/C22H32F3N5.HI/c1-3-28(17-22(23,24)25)15-19-10-13-30(16-19)21(26-2)27-14-18-6-8-20(9-7-18)29-11-4-5-12-29;/h4-9,19H,3,10-17H2,1-2H3,(H,26,27);1H. The highest BCUT2D eigenvalue weighted by molar-refractivity contribution is 14.0. The van der Waals surface area contributed by atoms with Crippen LogP contribution in [-0.4, -0.2) is 74.8 Å². The van der Waals surface area contributed by atoms with Crippen LogP contribution in [0.1, 0.15) is 18.9 Å². The molecule has 1 unspecified atom stereocenters. The number of anilines is 1. The van der Waals surface area contributed by atoms with Gasteiger partial charge < -0.3 is 15.1 Å². The first-order valence-electron chi connectivity index (χ1n) is 10.6. The Morgan fingerprint density at radius 3 is 2.45 bits per heavy atom. The molecule has 31 heavy (non-hydrogen) atoms. The quantitative estimate of drug-likeness (QED) is 0.241. The Morgan fingerprint density at radius 2 is 1.87 bits per heavy atom. The third-order valence-electron chi connectivity index (χ3n) is 5.73. The summed E-state index contributed by atoms with van der Waals surface area (Å²) in [6.45, 7) is 5.95. The summed E-state index contributed by atoms with van der Waals surface area (Å²) < 4.78 is 38.1. The van der Waals surface area contributed by atoms with E-state index in [9.17, 15) is 13.2 Å². The highest BCUT2D eigenvalue weighted by atomic mass is 127. The van der Waals surface area contributed by atoms with Crippen LogP contribution in [0, 0.1) is 5.92 Å². The summed E-state index contributed by atoms with van der Waals surface area (Å²) in [7, 11) is 1.75. The average molecular weight is 551 g/mol. The van der Waals surface area contributed by atoms with Crippen LogP contribution < -0.4 is 10.2 Å². The summed E-state index contributed by atoms with van der Waals surface area (Å²) in [4.78, 5) is 10.3. The second-order valence-corrected chi connectivity index (χ2v) is 7.99. The first kappa shape index (κ1) is 25.8. The maximum absolute atomic E-state index is 12.7. The molecule has 1 aromatic rings. The Bertz CT molecular complexity index is 728. The number of likely N-dealkylation sites (tertiary alicyclic amines) is 1. The van der Waals surface area contributed by atoms with Crippen LogP contribution >= 0.6 is 24.0 Å². The molecule has 0 amide bonds. The Hall–Kier alpha value is -1.49. The lowest BCUT2D eigenvalue weighted by Crippen LogP contribution is -2.41. The number of aliphatic imine (C=N–C) groups is 1. The van der Waals surface area contributed by atoms with Gasteiger partial charge in [0.25, 0.3) is 0 Å². The molecule has 0 saturated carbocycles. The number of benzene rings is 1. The molecule has 1 fully saturated rings. The van der Waals surface area contributed by atoms with E-state index in [0.29, 0.717) is 19.6 Å². The van der Waals surface area contributed by atoms with Gasteiger partial charge in [-0.1, -0.05) is 31.2 Å². The van der Waals surface area contributed by atoms with Crippen LogP contribution in [0.2, 0.25) is 0 Å². The minimum atomic E-state index is -4.15. The number of guanidine groups is 1. The molecular formula is C22H33F3IN5. The third-order valence-corrected chi connectivity index (χ3v) is 5.73. The molecule has 1 aromatic carbocycles. The first-order chi connectivity index (χ1) is 14.4. The fourth-order valence-corrected chi connectivity index (χ4v) is 4.13. The van der Waals surface area contributed by atoms with Crippen LogP contribution in [-0.2, 0) is 6.54 Å². The smallest absolute Gasteiger partial charge is 0.364 e. The van der Waals surface area contributed by atoms with Gasteiger partial charge in [-0.2, -0.15) is 13.2 Å². The van der Waals surface area contributed by atoms with Crippen LogP contribution in [0.3, 0.4) is 0 Å². The Balaban J connectivity index is 0.00000341. The van der Waals surface area contributed by atoms with Gasteiger partial charge in [0.2, 0.25) is 0 Å². The van der Waals surface area contributed by atoms with Gasteiger partial charge in [0.05, 0.1) is 6.54 Å². The molecule has 1 saturated heterocycles. The normalized spacial score (nSPS) is 19.3. The predicted octanol–water partition coefficient (Wildman–Crippen LogP) is 3.96. The lowest BCUT2D eigenvalue weighted by molar-refractivity contribution is -0.146. The van der Waals surface area contributed by atoms with Crippen molar-refractivity contribution >= 4 is 35.6 Å². The summed E-state index contributed by atoms with van der Waals surface area (Å²) in [5.74, 6) is 1.03. The van der Waals surface area contributed by atoms with Crippen molar-refractivity contribution in [2.24, 2.45) is 10.9 Å². The van der Waals surface area contributed by atoms with Gasteiger partial charge >= 0.3 is 6.18 Å². The number of nitrogens with zero attached hydrogens (tertiary/aromatic N) is 4. The van der Waals surface area contributed by atoms with Crippen LogP contribution in [0.4, 0.5) is 18.9 Å². The van der Waals surface area contributed by atoms with E-state index in [1.807, 2.05) is 0 Å². The molecule has 174 valence electrons. The minimum Gasteiger partial charge on any atom is -0.364 e. The Kier molecular flexibility index (Phi) is 9.92. The average Bonchev–Trinajstić information content (AvgIpc) is 3.40. The lowest BCUT2D eigenvalue weighted by atomic mass is 10.1. The fourth-order valence-electron chi connectivity index (χ4n) is 4.13. The maximum atomic E-state index is 12.7. The van der Waals surface area contributed by atoms with Crippen molar-refractivity contribution in [2.75, 3.05) is 57.8 Å². The molecule has 9 heteroatoms. The van der Waals surface area contributed by atoms with Crippen LogP contribution in [0.15, 0.2) is 41.4 Å². The van der Waals surface area contributed by atoms with E-state index in [1.54, 1.807) is 14.0 Å². The van der Waals surface area contributed by atoms with Gasteiger partial charge in [0.15, 0.2) is 5.96 Å². The zero-order chi connectivity index (χ0) is 21.6. The van der Waals surface area contributed by atoms with Gasteiger partial charge in [-0.25, -0.2) is 0 Å². The van der Waals surface area contributed by atoms with Crippen molar-refractivity contribution < 1.29 is 13.2 Å². The topological polar surface area (TPSA) is 34.1 Å². The summed E-state index contributed by atoms with van der Waals surface area (Å²) in [5, 5.41) is 3.40. The molecule has 5 nitrogen and oxygen atoms in total. The predicted molar refractivity (Wildman–Crippen MR) is 131 cm³/mol. The Labute approximate surface area is 200 Å². The van der Waals surface area contributed by atoms with Crippen molar-refractivity contribution in [3.63, 3.8) is 0 Å². The highest BCUT2D eigenvalue weighted by Gasteiger charge is 2.33. The van der Waals surface area contributed by atoms with Gasteiger partial charge in [-0.3, -0.25) is 9.89 Å². The van der Waals surface area contributed by atoms with Crippen molar-refractivity contribution in [3.8, 4) is 0 Å². The molecule has 0 aliphatic carbocycles. The number of hydrogen-bond acceptors (Lipinski definition) is 3. The zero-order valence-electron chi connectivity index (χ0n) is 18.2. The molecule has 2 aliphatic rings. The molecule has 1 atom stereocenters. The van der Waals surface area contributed by atoms with Crippen LogP contribution in [0.5, 0.6) is 0 Å². The van der Waals surface area contributed by atoms with E-state index in [1.165, 1.54) is 16.2 Å². The van der Waals surface area contributed by atoms with Gasteiger partial charge in [-0.15, -0.1) is 24.0 Å². The largest absolute Gasteiger partial charge is 0.401 e. The summed E-state index contributed by atoms with van der Waals surface area (Å²) in [6.07, 6.45) is 1.08. The lowest BCUT2D eigenvalue weighted by Gasteiger charge is -2.26. The van der Waals surface area contributed by atoms with E-state index in [4.69, 9.17) is 0 Å². The third kappa shape index (κ3) is 7.85. The number of halogens is 4. The minimum absolute atomic E-state index is 0. The molecule has 0 radical (unpaired) electrons. The van der Waals surface area contributed by atoms with Crippen molar-refractivity contribution in [3.05, 3.63) is 42.0 Å². The van der Waals surface area contributed by atoms with E-state index in [2.05, 4.69) is 56.5 Å². The van der Waals surface area contributed by atoms with E-state index < -0.39 is 12.7 Å². The number of alkyl halides is 3. The van der Waals surface area contributed by atoms with Gasteiger partial charge in [0, 0.05) is 52.0 Å². The first-order valence-corrected chi connectivity index (χ1v) is 10.6. The molecule has 0 spiro atoms. The number of rotatable bonds is 7. The summed E-state index contributed by atoms with van der Waals surface area (Å²) in [6, 6.07) is 8.52. The number of hydrogen-bond donors (Lipinski definition) is 1. The number of nitrogens with one attached hydrogen (secondary N) is 1. The van der Waals surface area contributed by atoms with Gasteiger partial charge in [-0.05, 0) is 36.6 Å². The van der Waals surface area contributed by atoms with Gasteiger partial charge in [0.1, 0.15) is 0 Å². The van der Waals surface area contributed by atoms with E-state index in [0.717, 1.165) is 38.6 Å². The van der Waals surface area contributed by atoms with Crippen molar-refractivity contribution in [1.82, 2.24) is 15.1 Å². The monoisotopic (exact) mass is 551 g/mol. The molecular weight excluding hydrogens is 518 g/mol. The zero-order valence-corrected chi connectivity index (χ0v) is 20.6. The maximum Gasteiger partial charge on any atom is 0.401 e. The SMILES string of the molecule is CCN(CC1CCN(C(=NC)NCc2ccc(N3CC=CC3)cc2)C1)CC(F)(F)F.I. The van der Waals surface area contributed by atoms with E-state index in [-0.39, 0.29) is 29.9 Å². The van der Waals surface area contributed by atoms with Crippen molar-refractivity contribution in [1.29, 1.82) is 0 Å². The second-order valence-electron chi connectivity index (χ2n) is 7.99. The molecule has 3 rings (SSSR count). The second kappa shape index (κ2) is 11.9. The molecule has 1 N–H and O–H groups in total. The Morgan fingerprint density at radius 1 is 1.19 bits per heavy atom. The van der Waals surface area contributed by atoms with E-state index >= 15 is 0 Å².